The minimum Gasteiger partial charge on any atom is -0.379 e. The fraction of sp³-hybridized carbons (Fsp3) is 0.444. The average Bonchev–Trinajstić information content (AvgIpc) is 3.18. The van der Waals surface area contributed by atoms with E-state index in [1.54, 1.807) is 23.1 Å². The summed E-state index contributed by atoms with van der Waals surface area (Å²) in [6.45, 7) is 5.31. The Balaban J connectivity index is 1.46. The number of ether oxygens (including phenoxy) is 1. The van der Waals surface area contributed by atoms with Crippen LogP contribution in [0.1, 0.15) is 22.5 Å². The number of aromatic nitrogens is 1. The molecule has 5 nitrogen and oxygen atoms in total. The molecule has 0 radical (unpaired) electrons. The Morgan fingerprint density at radius 1 is 1.32 bits per heavy atom. The number of thiazole rings is 1. The Hall–Kier alpha value is -1.41. The highest BCUT2D eigenvalue weighted by molar-refractivity contribution is 7.98. The number of nitrogens with zero attached hydrogens (tertiary/aromatic N) is 2. The van der Waals surface area contributed by atoms with Gasteiger partial charge in [-0.2, -0.15) is 0 Å². The van der Waals surface area contributed by atoms with Gasteiger partial charge in [0.05, 0.1) is 30.0 Å². The summed E-state index contributed by atoms with van der Waals surface area (Å²) >= 11 is 3.25. The van der Waals surface area contributed by atoms with Crippen LogP contribution in [0.3, 0.4) is 0 Å². The molecule has 1 aliphatic heterocycles. The molecule has 0 saturated carbocycles. The number of amides is 1. The summed E-state index contributed by atoms with van der Waals surface area (Å²) in [5.74, 6) is 0.786. The second-order valence-corrected chi connectivity index (χ2v) is 7.56. The van der Waals surface area contributed by atoms with E-state index in [-0.39, 0.29) is 5.91 Å². The van der Waals surface area contributed by atoms with Gasteiger partial charge in [0.15, 0.2) is 0 Å². The van der Waals surface area contributed by atoms with Gasteiger partial charge >= 0.3 is 0 Å². The first-order chi connectivity index (χ1) is 12.3. The van der Waals surface area contributed by atoms with E-state index >= 15 is 0 Å². The van der Waals surface area contributed by atoms with Crippen molar-refractivity contribution in [1.82, 2.24) is 15.2 Å². The van der Waals surface area contributed by atoms with Crippen molar-refractivity contribution in [2.24, 2.45) is 0 Å². The average molecular weight is 378 g/mol. The summed E-state index contributed by atoms with van der Waals surface area (Å²) in [5.41, 5.74) is 3.63. The van der Waals surface area contributed by atoms with Crippen molar-refractivity contribution in [2.45, 2.75) is 17.1 Å². The highest BCUT2D eigenvalue weighted by Crippen LogP contribution is 2.26. The van der Waals surface area contributed by atoms with E-state index in [4.69, 9.17) is 4.74 Å². The maximum absolute atomic E-state index is 12.5. The number of hydrogen-bond donors (Lipinski definition) is 1. The van der Waals surface area contributed by atoms with Gasteiger partial charge in [-0.25, -0.2) is 4.98 Å². The van der Waals surface area contributed by atoms with E-state index in [0.717, 1.165) is 61.2 Å². The molecule has 1 N–H and O–H groups in total. The molecular weight excluding hydrogens is 354 g/mol. The van der Waals surface area contributed by atoms with Crippen LogP contribution in [0.4, 0.5) is 0 Å². The van der Waals surface area contributed by atoms with Crippen LogP contribution in [0.15, 0.2) is 40.1 Å². The van der Waals surface area contributed by atoms with Gasteiger partial charge in [0, 0.05) is 35.7 Å². The molecule has 0 bridgehead atoms. The van der Waals surface area contributed by atoms with Gasteiger partial charge in [0.2, 0.25) is 0 Å². The minimum atomic E-state index is 0.00311. The maximum Gasteiger partial charge on any atom is 0.252 e. The van der Waals surface area contributed by atoms with E-state index in [9.17, 15) is 4.79 Å². The van der Waals surface area contributed by atoms with Crippen LogP contribution >= 0.6 is 23.1 Å². The molecule has 2 aromatic rings. The zero-order valence-electron chi connectivity index (χ0n) is 14.1. The van der Waals surface area contributed by atoms with Gasteiger partial charge in [-0.1, -0.05) is 12.1 Å². The third-order valence-electron chi connectivity index (χ3n) is 4.03. The van der Waals surface area contributed by atoms with Crippen LogP contribution in [-0.4, -0.2) is 55.2 Å². The molecule has 0 aliphatic carbocycles. The summed E-state index contributed by atoms with van der Waals surface area (Å²) in [5, 5.41) is 5.09. The summed E-state index contributed by atoms with van der Waals surface area (Å²) in [4.78, 5) is 20.2. The van der Waals surface area contributed by atoms with Crippen LogP contribution in [0.25, 0.3) is 0 Å². The molecule has 1 aromatic heterocycles. The van der Waals surface area contributed by atoms with Gasteiger partial charge in [-0.05, 0) is 25.1 Å². The Morgan fingerprint density at radius 3 is 2.96 bits per heavy atom. The number of benzene rings is 1. The second-order valence-electron chi connectivity index (χ2n) is 5.83. The van der Waals surface area contributed by atoms with E-state index in [1.165, 1.54) is 0 Å². The Kier molecular flexibility index (Phi) is 7.29. The zero-order chi connectivity index (χ0) is 17.3. The number of thioether (sulfide) groups is 1. The topological polar surface area (TPSA) is 54.5 Å². The Labute approximate surface area is 156 Å². The van der Waals surface area contributed by atoms with Crippen LogP contribution in [0.5, 0.6) is 0 Å². The maximum atomic E-state index is 12.5. The number of carbonyl (C=O) groups excluding carboxylic acids is 1. The Bertz CT molecular complexity index is 658. The molecule has 1 aliphatic rings. The zero-order valence-corrected chi connectivity index (χ0v) is 15.8. The molecular formula is C18H23N3O2S2. The number of hydrogen-bond acceptors (Lipinski definition) is 6. The quantitative estimate of drug-likeness (QED) is 0.566. The van der Waals surface area contributed by atoms with Gasteiger partial charge < -0.3 is 10.1 Å². The van der Waals surface area contributed by atoms with Crippen molar-refractivity contribution in [1.29, 1.82) is 0 Å². The monoisotopic (exact) mass is 377 g/mol. The van der Waals surface area contributed by atoms with E-state index < -0.39 is 0 Å². The molecule has 25 heavy (non-hydrogen) atoms. The van der Waals surface area contributed by atoms with Crippen molar-refractivity contribution in [3.8, 4) is 0 Å². The van der Waals surface area contributed by atoms with Crippen LogP contribution in [0.2, 0.25) is 0 Å². The lowest BCUT2D eigenvalue weighted by Gasteiger charge is -2.26. The van der Waals surface area contributed by atoms with Gasteiger partial charge in [-0.15, -0.1) is 23.1 Å². The lowest BCUT2D eigenvalue weighted by Crippen LogP contribution is -2.38. The first-order valence-electron chi connectivity index (χ1n) is 8.50. The molecule has 1 saturated heterocycles. The Morgan fingerprint density at radius 2 is 2.16 bits per heavy atom. The molecule has 0 spiro atoms. The third kappa shape index (κ3) is 5.81. The summed E-state index contributed by atoms with van der Waals surface area (Å²) in [6, 6.07) is 7.77. The van der Waals surface area contributed by atoms with Crippen LogP contribution < -0.4 is 5.32 Å². The SMILES string of the molecule is O=C(NCCCN1CCOCC1)c1ccccc1SCc1cscn1. The summed E-state index contributed by atoms with van der Waals surface area (Å²) < 4.78 is 5.35. The highest BCUT2D eigenvalue weighted by atomic mass is 32.2. The number of nitrogens with one attached hydrogen (secondary N) is 1. The molecule has 1 amide bonds. The molecule has 0 atom stereocenters. The number of carbonyl (C=O) groups is 1. The van der Waals surface area contributed by atoms with E-state index in [2.05, 4.69) is 15.2 Å². The predicted molar refractivity (Wildman–Crippen MR) is 102 cm³/mol. The minimum absolute atomic E-state index is 0.00311. The largest absolute Gasteiger partial charge is 0.379 e. The van der Waals surface area contributed by atoms with Crippen molar-refractivity contribution in [3.63, 3.8) is 0 Å². The molecule has 7 heteroatoms. The molecule has 0 unspecified atom stereocenters. The van der Waals surface area contributed by atoms with Crippen LogP contribution in [0, 0.1) is 0 Å². The lowest BCUT2D eigenvalue weighted by molar-refractivity contribution is 0.0374. The molecule has 134 valence electrons. The van der Waals surface area contributed by atoms with E-state index in [1.807, 2.05) is 35.2 Å². The summed E-state index contributed by atoms with van der Waals surface area (Å²) in [7, 11) is 0. The molecule has 1 fully saturated rings. The first-order valence-corrected chi connectivity index (χ1v) is 10.4. The third-order valence-corrected chi connectivity index (χ3v) is 5.77. The van der Waals surface area contributed by atoms with Gasteiger partial charge in [0.1, 0.15) is 0 Å². The molecule has 2 heterocycles. The fourth-order valence-corrected chi connectivity index (χ4v) is 4.28. The van der Waals surface area contributed by atoms with Gasteiger partial charge in [-0.3, -0.25) is 9.69 Å². The van der Waals surface area contributed by atoms with Crippen molar-refractivity contribution in [2.75, 3.05) is 39.4 Å². The standard InChI is InChI=1S/C18H23N3O2S2/c22-18(19-6-3-7-21-8-10-23-11-9-21)16-4-1-2-5-17(16)25-13-15-12-24-14-20-15/h1-2,4-5,12,14H,3,6-11,13H2,(H,19,22). The highest BCUT2D eigenvalue weighted by Gasteiger charge is 2.13. The molecule has 3 rings (SSSR count). The normalized spacial score (nSPS) is 15.2. The second kappa shape index (κ2) is 9.91. The van der Waals surface area contributed by atoms with Crippen molar-refractivity contribution in [3.05, 3.63) is 46.4 Å². The van der Waals surface area contributed by atoms with Gasteiger partial charge in [0.25, 0.3) is 5.91 Å². The number of morpholine rings is 1. The predicted octanol–water partition coefficient (Wildman–Crippen LogP) is 2.89. The van der Waals surface area contributed by atoms with E-state index in [0.29, 0.717) is 6.54 Å². The summed E-state index contributed by atoms with van der Waals surface area (Å²) in [6.07, 6.45) is 0.958. The van der Waals surface area contributed by atoms with Crippen molar-refractivity contribution < 1.29 is 9.53 Å². The first kappa shape index (κ1) is 18.4. The smallest absolute Gasteiger partial charge is 0.252 e. The van der Waals surface area contributed by atoms with Crippen LogP contribution in [-0.2, 0) is 10.5 Å². The molecule has 1 aromatic carbocycles. The van der Waals surface area contributed by atoms with Crippen molar-refractivity contribution >= 4 is 29.0 Å². The number of rotatable bonds is 8. The fourth-order valence-electron chi connectivity index (χ4n) is 2.67. The lowest BCUT2D eigenvalue weighted by atomic mass is 10.2.